The Morgan fingerprint density at radius 3 is 2.69 bits per heavy atom. The molecule has 11 nitrogen and oxygen atoms in total. The molecule has 2 aromatic heterocycles. The largest absolute Gasteiger partial charge is 0.494 e. The fourth-order valence-corrected chi connectivity index (χ4v) is 6.84. The van der Waals surface area contributed by atoms with Crippen molar-refractivity contribution in [3.63, 3.8) is 0 Å². The maximum atomic E-state index is 13.9. The number of halogens is 2. The topological polar surface area (TPSA) is 130 Å². The zero-order chi connectivity index (χ0) is 32.1. The van der Waals surface area contributed by atoms with Crippen LogP contribution in [0.4, 0.5) is 33.2 Å². The molecule has 236 valence electrons. The summed E-state index contributed by atoms with van der Waals surface area (Å²) in [6.07, 6.45) is 8.33. The van der Waals surface area contributed by atoms with Crippen LogP contribution in [-0.4, -0.2) is 97.9 Å². The first kappa shape index (κ1) is 32.5. The van der Waals surface area contributed by atoms with Gasteiger partial charge in [0.25, 0.3) is 0 Å². The van der Waals surface area contributed by atoms with Crippen LogP contribution in [-0.2, 0) is 0 Å². The lowest BCUT2D eigenvalue weighted by Gasteiger charge is -2.40. The van der Waals surface area contributed by atoms with E-state index < -0.39 is 14.6 Å². The number of aromatic nitrogens is 4. The van der Waals surface area contributed by atoms with E-state index in [0.29, 0.717) is 34.2 Å². The summed E-state index contributed by atoms with van der Waals surface area (Å²) in [5, 5.41) is 7.93. The molecular formula is C31H37BrFN10OP. The predicted octanol–water partition coefficient (Wildman–Crippen LogP) is 5.14. The normalized spacial score (nSPS) is 16.1. The highest BCUT2D eigenvalue weighted by molar-refractivity contribution is 9.10. The van der Waals surface area contributed by atoms with E-state index >= 15 is 0 Å². The van der Waals surface area contributed by atoms with Crippen molar-refractivity contribution in [3.05, 3.63) is 59.1 Å². The Morgan fingerprint density at radius 2 is 1.98 bits per heavy atom. The molecule has 14 heteroatoms. The van der Waals surface area contributed by atoms with E-state index in [9.17, 15) is 4.39 Å². The smallest absolute Gasteiger partial charge is 0.229 e. The number of nitrogens with zero attached hydrogens (tertiary/aromatic N) is 7. The summed E-state index contributed by atoms with van der Waals surface area (Å²) in [5.74, 6) is 1.52. The van der Waals surface area contributed by atoms with E-state index in [4.69, 9.17) is 15.5 Å². The molecule has 0 saturated carbocycles. The fraction of sp³-hybridized carbons (Fsp3) is 0.323. The summed E-state index contributed by atoms with van der Waals surface area (Å²) >= 11 is 3.60. The van der Waals surface area contributed by atoms with E-state index in [1.165, 1.54) is 6.20 Å². The average Bonchev–Trinajstić information content (AvgIpc) is 3.05. The molecule has 1 saturated heterocycles. The number of methoxy groups -OCH3 is 1. The summed E-state index contributed by atoms with van der Waals surface area (Å²) in [6.45, 7) is 5.92. The Labute approximate surface area is 272 Å². The molecule has 1 atom stereocenters. The number of allylic oxidation sites excluding steroid dienone is 1. The minimum atomic E-state index is -0.516. The lowest BCUT2D eigenvalue weighted by molar-refractivity contribution is 0.183. The summed E-state index contributed by atoms with van der Waals surface area (Å²) in [6, 6.07) is 7.63. The molecule has 0 radical (unpaired) electrons. The SMILES string of the molecule is CN=CC(=CN)c1cc(Nc2ncc(Br)c(Nc3ccc4nccnc4c3P(C)C)n2)c(OC)cc1N1CCN(C)C(CF)C1. The Kier molecular flexibility index (Phi) is 10.4. The molecule has 4 N–H and O–H groups in total. The van der Waals surface area contributed by atoms with Crippen molar-refractivity contribution in [2.24, 2.45) is 10.7 Å². The van der Waals surface area contributed by atoms with E-state index in [1.807, 2.05) is 36.2 Å². The first-order chi connectivity index (χ1) is 21.8. The van der Waals surface area contributed by atoms with Gasteiger partial charge in [0.05, 0.1) is 34.3 Å². The maximum Gasteiger partial charge on any atom is 0.229 e. The predicted molar refractivity (Wildman–Crippen MR) is 188 cm³/mol. The quantitative estimate of drug-likeness (QED) is 0.152. The van der Waals surface area contributed by atoms with Crippen LogP contribution in [0.5, 0.6) is 5.75 Å². The molecule has 3 heterocycles. The van der Waals surface area contributed by atoms with Crippen molar-refractivity contribution in [3.8, 4) is 5.75 Å². The molecule has 5 rings (SSSR count). The number of piperazine rings is 1. The number of hydrogen-bond donors (Lipinski definition) is 3. The fourth-order valence-electron chi connectivity index (χ4n) is 5.34. The average molecular weight is 696 g/mol. The second-order valence-electron chi connectivity index (χ2n) is 10.7. The Bertz CT molecular complexity index is 1740. The van der Waals surface area contributed by atoms with Crippen molar-refractivity contribution in [2.75, 3.05) is 76.4 Å². The Balaban J connectivity index is 1.52. The molecule has 45 heavy (non-hydrogen) atoms. The first-order valence-corrected chi connectivity index (χ1v) is 17.4. The highest BCUT2D eigenvalue weighted by Crippen LogP contribution is 2.39. The summed E-state index contributed by atoms with van der Waals surface area (Å²) in [5.41, 5.74) is 11.8. The Morgan fingerprint density at radius 1 is 1.18 bits per heavy atom. The molecule has 1 aliphatic heterocycles. The molecule has 4 aromatic rings. The van der Waals surface area contributed by atoms with E-state index in [1.54, 1.807) is 39.0 Å². The molecule has 1 fully saturated rings. The van der Waals surface area contributed by atoms with Crippen LogP contribution < -0.4 is 31.3 Å². The van der Waals surface area contributed by atoms with Crippen LogP contribution in [0.3, 0.4) is 0 Å². The zero-order valence-electron chi connectivity index (χ0n) is 25.9. The number of hydrogen-bond acceptors (Lipinski definition) is 11. The van der Waals surface area contributed by atoms with Crippen LogP contribution >= 0.6 is 23.9 Å². The van der Waals surface area contributed by atoms with Crippen LogP contribution in [0, 0.1) is 0 Å². The van der Waals surface area contributed by atoms with Gasteiger partial charge >= 0.3 is 0 Å². The number of alkyl halides is 1. The minimum absolute atomic E-state index is 0.213. The van der Waals surface area contributed by atoms with Crippen LogP contribution in [0.25, 0.3) is 16.6 Å². The van der Waals surface area contributed by atoms with E-state index in [0.717, 1.165) is 51.9 Å². The molecule has 1 aliphatic rings. The lowest BCUT2D eigenvalue weighted by Crippen LogP contribution is -2.52. The van der Waals surface area contributed by atoms with Crippen molar-refractivity contribution >= 4 is 80.8 Å². The number of likely N-dealkylation sites (N-methyl/N-ethyl adjacent to an activating group) is 1. The maximum absolute atomic E-state index is 13.9. The second-order valence-corrected chi connectivity index (χ2v) is 13.8. The molecule has 0 bridgehead atoms. The third-order valence-corrected chi connectivity index (χ3v) is 9.60. The third kappa shape index (κ3) is 7.00. The van der Waals surface area contributed by atoms with Gasteiger partial charge in [-0.15, -0.1) is 0 Å². The van der Waals surface area contributed by atoms with Crippen molar-refractivity contribution in [1.29, 1.82) is 0 Å². The number of nitrogens with two attached hydrogens (primary N) is 1. The molecule has 2 aromatic carbocycles. The number of benzene rings is 2. The number of fused-ring (bicyclic) bond motifs is 1. The zero-order valence-corrected chi connectivity index (χ0v) is 28.4. The van der Waals surface area contributed by atoms with E-state index in [-0.39, 0.29) is 6.04 Å². The van der Waals surface area contributed by atoms with E-state index in [2.05, 4.69) is 64.7 Å². The van der Waals surface area contributed by atoms with Gasteiger partial charge in [-0.1, -0.05) is 7.92 Å². The monoisotopic (exact) mass is 694 g/mol. The van der Waals surface area contributed by atoms with Gasteiger partial charge in [0.1, 0.15) is 18.2 Å². The van der Waals surface area contributed by atoms with Crippen LogP contribution in [0.2, 0.25) is 0 Å². The van der Waals surface area contributed by atoms with Gasteiger partial charge in [-0.3, -0.25) is 19.9 Å². The minimum Gasteiger partial charge on any atom is -0.494 e. The number of anilines is 5. The third-order valence-electron chi connectivity index (χ3n) is 7.68. The van der Waals surface area contributed by atoms with Crippen LogP contribution in [0.1, 0.15) is 5.56 Å². The van der Waals surface area contributed by atoms with Gasteiger partial charge in [-0.2, -0.15) is 4.98 Å². The second kappa shape index (κ2) is 14.4. The van der Waals surface area contributed by atoms with Gasteiger partial charge in [0.15, 0.2) is 0 Å². The number of aliphatic imine (C=N–C) groups is 1. The summed E-state index contributed by atoms with van der Waals surface area (Å²) in [4.78, 5) is 26.8. The number of rotatable bonds is 10. The van der Waals surface area contributed by atoms with Crippen LogP contribution in [0.15, 0.2) is 58.5 Å². The number of ether oxygens (including phenoxy) is 1. The number of nitrogens with one attached hydrogen (secondary N) is 2. The Hall–Kier alpha value is -3.93. The molecule has 1 unspecified atom stereocenters. The highest BCUT2D eigenvalue weighted by Gasteiger charge is 2.27. The molecule has 0 aliphatic carbocycles. The van der Waals surface area contributed by atoms with Gasteiger partial charge in [-0.25, -0.2) is 9.37 Å². The summed E-state index contributed by atoms with van der Waals surface area (Å²) < 4.78 is 20.4. The molecular weight excluding hydrogens is 658 g/mol. The summed E-state index contributed by atoms with van der Waals surface area (Å²) in [7, 11) is 4.74. The van der Waals surface area contributed by atoms with Crippen molar-refractivity contribution in [1.82, 2.24) is 24.8 Å². The molecule has 0 amide bonds. The van der Waals surface area contributed by atoms with Gasteiger partial charge in [0, 0.05) is 91.6 Å². The lowest BCUT2D eigenvalue weighted by atomic mass is 10.0. The highest BCUT2D eigenvalue weighted by atomic mass is 79.9. The van der Waals surface area contributed by atoms with Gasteiger partial charge < -0.3 is 26.0 Å². The molecule has 0 spiro atoms. The first-order valence-electron chi connectivity index (χ1n) is 14.3. The van der Waals surface area contributed by atoms with Gasteiger partial charge in [-0.05, 0) is 54.5 Å². The van der Waals surface area contributed by atoms with Crippen molar-refractivity contribution < 1.29 is 9.13 Å². The van der Waals surface area contributed by atoms with Crippen molar-refractivity contribution in [2.45, 2.75) is 6.04 Å². The van der Waals surface area contributed by atoms with Gasteiger partial charge in [0.2, 0.25) is 5.95 Å². The standard InChI is InChI=1S/C31H37BrFN10OP/c1-35-16-19(15-34)21-12-25(27(44-3)13-26(21)43-11-10-42(2)20(14-33)18-43)40-31-38-17-22(32)30(41-31)39-24-7-6-23-28(29(24)45(4)5)37-9-8-36-23/h6-9,12-13,15-17,20H,10-11,14,18,34H2,1-5H3,(H2,38,39,40,41).